The van der Waals surface area contributed by atoms with Gasteiger partial charge in [-0.15, -0.1) is 0 Å². The number of benzene rings is 1. The summed E-state index contributed by atoms with van der Waals surface area (Å²) in [6, 6.07) is 11.8. The smallest absolute Gasteiger partial charge is 0.308 e. The van der Waals surface area contributed by atoms with E-state index in [1.54, 1.807) is 13.1 Å². The van der Waals surface area contributed by atoms with E-state index < -0.39 is 11.9 Å². The van der Waals surface area contributed by atoms with Gasteiger partial charge in [0.1, 0.15) is 5.82 Å². The van der Waals surface area contributed by atoms with Gasteiger partial charge in [0.15, 0.2) is 0 Å². The average molecular weight is 327 g/mol. The van der Waals surface area contributed by atoms with Gasteiger partial charge in [-0.1, -0.05) is 29.8 Å². The molecular formula is C19H25N3O2. The van der Waals surface area contributed by atoms with Crippen LogP contribution in [0.2, 0.25) is 0 Å². The fourth-order valence-corrected chi connectivity index (χ4v) is 2.45. The van der Waals surface area contributed by atoms with Crippen LogP contribution in [0.5, 0.6) is 0 Å². The Kier molecular flexibility index (Phi) is 5.79. The number of anilines is 2. The van der Waals surface area contributed by atoms with Crippen LogP contribution in [0, 0.1) is 12.8 Å². The van der Waals surface area contributed by atoms with Gasteiger partial charge in [-0.05, 0) is 38.0 Å². The third kappa shape index (κ3) is 4.72. The number of hydrogen-bond donors (Lipinski definition) is 2. The van der Waals surface area contributed by atoms with Gasteiger partial charge in [-0.25, -0.2) is 4.98 Å². The van der Waals surface area contributed by atoms with Gasteiger partial charge in [0.2, 0.25) is 0 Å². The van der Waals surface area contributed by atoms with Crippen LogP contribution in [0.15, 0.2) is 42.6 Å². The molecule has 0 fully saturated rings. The second kappa shape index (κ2) is 7.81. The van der Waals surface area contributed by atoms with E-state index in [4.69, 9.17) is 0 Å². The molecule has 5 heteroatoms. The maximum absolute atomic E-state index is 11.5. The lowest BCUT2D eigenvalue weighted by Gasteiger charge is -2.24. The van der Waals surface area contributed by atoms with E-state index in [0.717, 1.165) is 17.1 Å². The molecule has 1 heterocycles. The molecule has 0 saturated heterocycles. The quantitative estimate of drug-likeness (QED) is 0.817. The molecule has 24 heavy (non-hydrogen) atoms. The SMILES string of the molecule is Cc1ccc(CC(Nc2ccc(N(C)C)nc2)C(C)C(=O)O)cc1. The molecule has 2 rings (SSSR count). The molecule has 2 atom stereocenters. The minimum absolute atomic E-state index is 0.211. The maximum atomic E-state index is 11.5. The molecule has 0 aliphatic carbocycles. The first-order chi connectivity index (χ1) is 11.4. The van der Waals surface area contributed by atoms with Gasteiger partial charge in [-0.2, -0.15) is 0 Å². The minimum Gasteiger partial charge on any atom is -0.481 e. The maximum Gasteiger partial charge on any atom is 0.308 e. The third-order valence-corrected chi connectivity index (χ3v) is 4.13. The first-order valence-electron chi connectivity index (χ1n) is 8.05. The van der Waals surface area contributed by atoms with Crippen LogP contribution in [-0.2, 0) is 11.2 Å². The molecule has 0 saturated carbocycles. The van der Waals surface area contributed by atoms with Crippen LogP contribution < -0.4 is 10.2 Å². The van der Waals surface area contributed by atoms with Crippen molar-refractivity contribution in [2.75, 3.05) is 24.3 Å². The fraction of sp³-hybridized carbons (Fsp3) is 0.368. The van der Waals surface area contributed by atoms with Crippen LogP contribution in [0.1, 0.15) is 18.1 Å². The summed E-state index contributed by atoms with van der Waals surface area (Å²) >= 11 is 0. The van der Waals surface area contributed by atoms with Gasteiger partial charge in [0.25, 0.3) is 0 Å². The van der Waals surface area contributed by atoms with E-state index in [1.807, 2.05) is 62.3 Å². The van der Waals surface area contributed by atoms with Crippen LogP contribution in [-0.4, -0.2) is 36.2 Å². The van der Waals surface area contributed by atoms with Gasteiger partial charge < -0.3 is 15.3 Å². The van der Waals surface area contributed by atoms with Crippen molar-refractivity contribution < 1.29 is 9.90 Å². The summed E-state index contributed by atoms with van der Waals surface area (Å²) in [6.45, 7) is 3.77. The molecule has 1 aromatic heterocycles. The number of carbonyl (C=O) groups is 1. The van der Waals surface area contributed by atoms with E-state index in [9.17, 15) is 9.90 Å². The number of carboxylic acids is 1. The highest BCUT2D eigenvalue weighted by Crippen LogP contribution is 2.19. The lowest BCUT2D eigenvalue weighted by Crippen LogP contribution is -2.34. The Morgan fingerprint density at radius 3 is 2.38 bits per heavy atom. The van der Waals surface area contributed by atoms with Crippen molar-refractivity contribution in [1.29, 1.82) is 0 Å². The van der Waals surface area contributed by atoms with E-state index in [1.165, 1.54) is 5.56 Å². The second-order valence-electron chi connectivity index (χ2n) is 6.37. The van der Waals surface area contributed by atoms with Crippen LogP contribution >= 0.6 is 0 Å². The van der Waals surface area contributed by atoms with Crippen molar-refractivity contribution in [3.05, 3.63) is 53.7 Å². The Morgan fingerprint density at radius 2 is 1.88 bits per heavy atom. The molecule has 0 spiro atoms. The summed E-state index contributed by atoms with van der Waals surface area (Å²) < 4.78 is 0. The van der Waals surface area contributed by atoms with E-state index in [2.05, 4.69) is 10.3 Å². The Morgan fingerprint density at radius 1 is 1.21 bits per heavy atom. The molecule has 0 amide bonds. The Balaban J connectivity index is 2.16. The van der Waals surface area contributed by atoms with Crippen molar-refractivity contribution in [2.24, 2.45) is 5.92 Å². The summed E-state index contributed by atoms with van der Waals surface area (Å²) in [5, 5.41) is 12.7. The highest BCUT2D eigenvalue weighted by molar-refractivity contribution is 5.71. The van der Waals surface area contributed by atoms with Gasteiger partial charge in [-0.3, -0.25) is 4.79 Å². The Hall–Kier alpha value is -2.56. The lowest BCUT2D eigenvalue weighted by atomic mass is 9.94. The van der Waals surface area contributed by atoms with Gasteiger partial charge in [0.05, 0.1) is 17.8 Å². The Bertz CT molecular complexity index is 666. The largest absolute Gasteiger partial charge is 0.481 e. The Labute approximate surface area is 143 Å². The van der Waals surface area contributed by atoms with Crippen LogP contribution in [0.4, 0.5) is 11.5 Å². The minimum atomic E-state index is -0.808. The van der Waals surface area contributed by atoms with Gasteiger partial charge >= 0.3 is 5.97 Å². The number of hydrogen-bond acceptors (Lipinski definition) is 4. The van der Waals surface area contributed by atoms with Crippen molar-refractivity contribution in [3.63, 3.8) is 0 Å². The first kappa shape index (κ1) is 17.8. The summed E-state index contributed by atoms with van der Waals surface area (Å²) in [5.41, 5.74) is 3.13. The molecule has 0 radical (unpaired) electrons. The van der Waals surface area contributed by atoms with Crippen LogP contribution in [0.3, 0.4) is 0 Å². The van der Waals surface area contributed by atoms with Crippen molar-refractivity contribution in [1.82, 2.24) is 4.98 Å². The van der Waals surface area contributed by atoms with Crippen LogP contribution in [0.25, 0.3) is 0 Å². The zero-order valence-corrected chi connectivity index (χ0v) is 14.7. The number of aliphatic carboxylic acids is 1. The van der Waals surface area contributed by atoms with Gasteiger partial charge in [0, 0.05) is 20.1 Å². The zero-order valence-electron chi connectivity index (χ0n) is 14.7. The number of aromatic nitrogens is 1. The molecule has 0 bridgehead atoms. The molecule has 128 valence electrons. The molecule has 0 aliphatic rings. The molecule has 2 N–H and O–H groups in total. The summed E-state index contributed by atoms with van der Waals surface area (Å²) in [6.07, 6.45) is 2.38. The van der Waals surface area contributed by atoms with Crippen molar-refractivity contribution in [2.45, 2.75) is 26.3 Å². The monoisotopic (exact) mass is 327 g/mol. The molecule has 2 unspecified atom stereocenters. The molecule has 0 aliphatic heterocycles. The number of rotatable bonds is 7. The molecule has 1 aromatic carbocycles. The van der Waals surface area contributed by atoms with E-state index in [-0.39, 0.29) is 6.04 Å². The summed E-state index contributed by atoms with van der Waals surface area (Å²) in [5.74, 6) is -0.459. The van der Waals surface area contributed by atoms with E-state index in [0.29, 0.717) is 6.42 Å². The highest BCUT2D eigenvalue weighted by Gasteiger charge is 2.24. The highest BCUT2D eigenvalue weighted by atomic mass is 16.4. The average Bonchev–Trinajstić information content (AvgIpc) is 2.56. The standard InChI is InChI=1S/C19H25N3O2/c1-13-5-7-15(8-6-13)11-17(14(2)19(23)24)21-16-9-10-18(20-12-16)22(3)4/h5-10,12,14,17,21H,11H2,1-4H3,(H,23,24). The second-order valence-corrected chi connectivity index (χ2v) is 6.37. The molecule has 2 aromatic rings. The molecule has 5 nitrogen and oxygen atoms in total. The number of aryl methyl sites for hydroxylation is 1. The fourth-order valence-electron chi connectivity index (χ4n) is 2.45. The number of nitrogens with zero attached hydrogens (tertiary/aromatic N) is 2. The number of nitrogens with one attached hydrogen (secondary N) is 1. The number of carboxylic acid groups (broad SMARTS) is 1. The third-order valence-electron chi connectivity index (χ3n) is 4.13. The van der Waals surface area contributed by atoms with E-state index >= 15 is 0 Å². The lowest BCUT2D eigenvalue weighted by molar-refractivity contribution is -0.141. The normalized spacial score (nSPS) is 13.2. The summed E-state index contributed by atoms with van der Waals surface area (Å²) in [4.78, 5) is 17.8. The van der Waals surface area contributed by atoms with Crippen molar-refractivity contribution in [3.8, 4) is 0 Å². The zero-order chi connectivity index (χ0) is 17.7. The predicted molar refractivity (Wildman–Crippen MR) is 97.7 cm³/mol. The first-order valence-corrected chi connectivity index (χ1v) is 8.05. The number of pyridine rings is 1. The topological polar surface area (TPSA) is 65.5 Å². The molecular weight excluding hydrogens is 302 g/mol. The predicted octanol–water partition coefficient (Wildman–Crippen LogP) is 3.20. The van der Waals surface area contributed by atoms with Crippen molar-refractivity contribution >= 4 is 17.5 Å². The summed E-state index contributed by atoms with van der Waals surface area (Å²) in [7, 11) is 3.87.